The van der Waals surface area contributed by atoms with Gasteiger partial charge in [-0.3, -0.25) is 0 Å². The largest absolute Gasteiger partial charge is 0.324 e. The highest BCUT2D eigenvalue weighted by molar-refractivity contribution is 5.34. The molecule has 1 atom stereocenters. The molecule has 0 unspecified atom stereocenters. The molecule has 0 saturated heterocycles. The van der Waals surface area contributed by atoms with E-state index >= 15 is 0 Å². The minimum absolute atomic E-state index is 0.0739. The Morgan fingerprint density at radius 1 is 1.40 bits per heavy atom. The maximum atomic E-state index is 8.77. The second-order valence-electron chi connectivity index (χ2n) is 3.84. The molecule has 0 radical (unpaired) electrons. The third kappa shape index (κ3) is 3.73. The van der Waals surface area contributed by atoms with E-state index in [1.54, 1.807) is 0 Å². The predicted molar refractivity (Wildman–Crippen MR) is 62.2 cm³/mol. The molecule has 0 aliphatic carbocycles. The summed E-state index contributed by atoms with van der Waals surface area (Å²) < 4.78 is 0. The summed E-state index contributed by atoms with van der Waals surface area (Å²) in [6.07, 6.45) is 4.60. The second kappa shape index (κ2) is 6.21. The lowest BCUT2D eigenvalue weighted by molar-refractivity contribution is 0.581. The average Bonchev–Trinajstić information content (AvgIpc) is 2.29. The van der Waals surface area contributed by atoms with Crippen molar-refractivity contribution >= 4 is 0 Å². The van der Waals surface area contributed by atoms with Crippen molar-refractivity contribution in [1.29, 1.82) is 5.26 Å². The van der Waals surface area contributed by atoms with Gasteiger partial charge in [-0.2, -0.15) is 5.26 Å². The zero-order chi connectivity index (χ0) is 11.1. The molecule has 0 aliphatic rings. The van der Waals surface area contributed by atoms with Crippen LogP contribution in [-0.4, -0.2) is 0 Å². The van der Waals surface area contributed by atoms with Gasteiger partial charge in [-0.05, 0) is 24.1 Å². The van der Waals surface area contributed by atoms with E-state index in [4.69, 9.17) is 11.0 Å². The van der Waals surface area contributed by atoms with E-state index in [0.29, 0.717) is 5.56 Å². The van der Waals surface area contributed by atoms with Gasteiger partial charge in [-0.25, -0.2) is 0 Å². The summed E-state index contributed by atoms with van der Waals surface area (Å²) >= 11 is 0. The summed E-state index contributed by atoms with van der Waals surface area (Å²) in [5, 5.41) is 8.77. The van der Waals surface area contributed by atoms with Gasteiger partial charge in [0.05, 0.1) is 11.6 Å². The lowest BCUT2D eigenvalue weighted by Crippen LogP contribution is -2.10. The topological polar surface area (TPSA) is 49.8 Å². The van der Waals surface area contributed by atoms with Crippen LogP contribution < -0.4 is 5.73 Å². The molecule has 0 spiro atoms. The first-order chi connectivity index (χ1) is 7.27. The number of unbranched alkanes of at least 4 members (excludes halogenated alkanes) is 2. The maximum Gasteiger partial charge on any atom is 0.0991 e. The van der Waals surface area contributed by atoms with Gasteiger partial charge in [0.1, 0.15) is 0 Å². The highest BCUT2D eigenvalue weighted by Gasteiger charge is 2.05. The summed E-state index contributed by atoms with van der Waals surface area (Å²) in [7, 11) is 0. The van der Waals surface area contributed by atoms with E-state index < -0.39 is 0 Å². The van der Waals surface area contributed by atoms with Crippen molar-refractivity contribution in [1.82, 2.24) is 0 Å². The Labute approximate surface area is 91.7 Å². The standard InChI is InChI=1S/C13H18N2/c1-2-3-4-8-13(15)12-7-5-6-11(9-12)10-14/h5-7,9,13H,2-4,8,15H2,1H3/t13-/m0/s1. The molecule has 0 amide bonds. The van der Waals surface area contributed by atoms with Crippen molar-refractivity contribution in [2.24, 2.45) is 5.73 Å². The fraction of sp³-hybridized carbons (Fsp3) is 0.462. The molecular weight excluding hydrogens is 184 g/mol. The molecule has 2 heteroatoms. The monoisotopic (exact) mass is 202 g/mol. The molecule has 0 fully saturated rings. The van der Waals surface area contributed by atoms with Gasteiger partial charge in [-0.1, -0.05) is 38.3 Å². The van der Waals surface area contributed by atoms with Gasteiger partial charge in [-0.15, -0.1) is 0 Å². The zero-order valence-electron chi connectivity index (χ0n) is 9.24. The zero-order valence-corrected chi connectivity index (χ0v) is 9.24. The van der Waals surface area contributed by atoms with Crippen LogP contribution in [0.15, 0.2) is 24.3 Å². The molecule has 0 aliphatic heterocycles. The van der Waals surface area contributed by atoms with E-state index in [2.05, 4.69) is 13.0 Å². The normalized spacial score (nSPS) is 12.1. The van der Waals surface area contributed by atoms with Crippen LogP contribution in [-0.2, 0) is 0 Å². The van der Waals surface area contributed by atoms with Crippen LogP contribution in [0.2, 0.25) is 0 Å². The Kier molecular flexibility index (Phi) is 4.86. The third-order valence-electron chi connectivity index (χ3n) is 2.56. The molecular formula is C13H18N2. The molecule has 0 saturated carbocycles. The number of nitrogens with two attached hydrogens (primary N) is 1. The van der Waals surface area contributed by atoms with Crippen LogP contribution in [0.25, 0.3) is 0 Å². The highest BCUT2D eigenvalue weighted by atomic mass is 14.6. The van der Waals surface area contributed by atoms with E-state index in [0.717, 1.165) is 18.4 Å². The highest BCUT2D eigenvalue weighted by Crippen LogP contribution is 2.18. The molecule has 2 nitrogen and oxygen atoms in total. The Morgan fingerprint density at radius 3 is 2.87 bits per heavy atom. The fourth-order valence-electron chi connectivity index (χ4n) is 1.62. The summed E-state index contributed by atoms with van der Waals surface area (Å²) in [6, 6.07) is 9.80. The van der Waals surface area contributed by atoms with Crippen molar-refractivity contribution in [2.45, 2.75) is 38.6 Å². The molecule has 0 bridgehead atoms. The Morgan fingerprint density at radius 2 is 2.20 bits per heavy atom. The molecule has 1 aromatic rings. The lowest BCUT2D eigenvalue weighted by atomic mass is 10.00. The first-order valence-corrected chi connectivity index (χ1v) is 5.53. The van der Waals surface area contributed by atoms with Crippen molar-refractivity contribution < 1.29 is 0 Å². The summed E-state index contributed by atoms with van der Waals surface area (Å²) in [6.45, 7) is 2.18. The predicted octanol–water partition coefficient (Wildman–Crippen LogP) is 3.14. The van der Waals surface area contributed by atoms with Crippen LogP contribution in [0, 0.1) is 11.3 Å². The number of hydrogen-bond acceptors (Lipinski definition) is 2. The van der Waals surface area contributed by atoms with E-state index in [1.165, 1.54) is 12.8 Å². The first kappa shape index (κ1) is 11.7. The van der Waals surface area contributed by atoms with E-state index in [9.17, 15) is 0 Å². The third-order valence-corrected chi connectivity index (χ3v) is 2.56. The Hall–Kier alpha value is -1.33. The SMILES string of the molecule is CCCCC[C@H](N)c1cccc(C#N)c1. The van der Waals surface area contributed by atoms with E-state index in [1.807, 2.05) is 24.3 Å². The number of nitriles is 1. The van der Waals surface area contributed by atoms with Crippen LogP contribution >= 0.6 is 0 Å². The van der Waals surface area contributed by atoms with Gasteiger partial charge < -0.3 is 5.73 Å². The van der Waals surface area contributed by atoms with Crippen molar-refractivity contribution in [3.63, 3.8) is 0 Å². The van der Waals surface area contributed by atoms with Crippen molar-refractivity contribution in [3.8, 4) is 6.07 Å². The Balaban J connectivity index is 2.57. The van der Waals surface area contributed by atoms with Crippen molar-refractivity contribution in [3.05, 3.63) is 35.4 Å². The fourth-order valence-corrected chi connectivity index (χ4v) is 1.62. The first-order valence-electron chi connectivity index (χ1n) is 5.53. The van der Waals surface area contributed by atoms with Crippen LogP contribution in [0.4, 0.5) is 0 Å². The van der Waals surface area contributed by atoms with Gasteiger partial charge >= 0.3 is 0 Å². The summed E-state index contributed by atoms with van der Waals surface area (Å²) in [5.74, 6) is 0. The molecule has 2 N–H and O–H groups in total. The van der Waals surface area contributed by atoms with Gasteiger partial charge in [0.15, 0.2) is 0 Å². The van der Waals surface area contributed by atoms with Crippen molar-refractivity contribution in [2.75, 3.05) is 0 Å². The minimum Gasteiger partial charge on any atom is -0.324 e. The molecule has 0 aromatic heterocycles. The molecule has 0 heterocycles. The smallest absolute Gasteiger partial charge is 0.0991 e. The molecule has 80 valence electrons. The quantitative estimate of drug-likeness (QED) is 0.746. The second-order valence-corrected chi connectivity index (χ2v) is 3.84. The lowest BCUT2D eigenvalue weighted by Gasteiger charge is -2.11. The van der Waals surface area contributed by atoms with E-state index in [-0.39, 0.29) is 6.04 Å². The molecule has 1 rings (SSSR count). The average molecular weight is 202 g/mol. The van der Waals surface area contributed by atoms with Gasteiger partial charge in [0.25, 0.3) is 0 Å². The van der Waals surface area contributed by atoms with Crippen LogP contribution in [0.1, 0.15) is 49.8 Å². The number of rotatable bonds is 5. The summed E-state index contributed by atoms with van der Waals surface area (Å²) in [5.41, 5.74) is 7.82. The van der Waals surface area contributed by atoms with Gasteiger partial charge in [0, 0.05) is 6.04 Å². The number of hydrogen-bond donors (Lipinski definition) is 1. The maximum absolute atomic E-state index is 8.77. The minimum atomic E-state index is 0.0739. The van der Waals surface area contributed by atoms with Crippen LogP contribution in [0.3, 0.4) is 0 Å². The molecule has 15 heavy (non-hydrogen) atoms. The van der Waals surface area contributed by atoms with Gasteiger partial charge in [0.2, 0.25) is 0 Å². The Bertz CT molecular complexity index is 339. The number of benzene rings is 1. The number of nitrogens with zero attached hydrogens (tertiary/aromatic N) is 1. The summed E-state index contributed by atoms with van der Waals surface area (Å²) in [4.78, 5) is 0. The van der Waals surface area contributed by atoms with Crippen LogP contribution in [0.5, 0.6) is 0 Å². The molecule has 1 aromatic carbocycles.